The van der Waals surface area contributed by atoms with Gasteiger partial charge in [0, 0.05) is 18.3 Å². The summed E-state index contributed by atoms with van der Waals surface area (Å²) < 4.78 is 44.9. The number of carbonyl (C=O) groups excluding carboxylic acids is 1. The first-order chi connectivity index (χ1) is 18.5. The second-order valence-electron chi connectivity index (χ2n) is 11.4. The van der Waals surface area contributed by atoms with Gasteiger partial charge in [-0.05, 0) is 81.8 Å². The number of piperidine rings is 1. The standard InChI is InChI=1S/C30H35F3N4O2/c1-4-6-7-23-20(5-2)16-29(27(38)35-23)11-14-36(15-12-29)13-10-21-8-9-24-26(25(21)30(31,32)33)37(19-34-24)22-17-28(3,39)18-22/h4-9,19,22,39H,1-2,10-18H2,3H3,(H,35,38)/b7-6-. The highest BCUT2D eigenvalue weighted by atomic mass is 19.4. The van der Waals surface area contributed by atoms with Gasteiger partial charge < -0.3 is 19.9 Å². The van der Waals surface area contributed by atoms with Crippen molar-refractivity contribution >= 4 is 16.9 Å². The zero-order valence-electron chi connectivity index (χ0n) is 22.2. The van der Waals surface area contributed by atoms with Crippen LogP contribution in [0.4, 0.5) is 13.2 Å². The molecule has 2 aliphatic heterocycles. The lowest BCUT2D eigenvalue weighted by Crippen LogP contribution is -2.51. The van der Waals surface area contributed by atoms with Crippen molar-refractivity contribution in [1.82, 2.24) is 19.8 Å². The van der Waals surface area contributed by atoms with Crippen molar-refractivity contribution in [3.8, 4) is 0 Å². The first-order valence-electron chi connectivity index (χ1n) is 13.4. The van der Waals surface area contributed by atoms with Crippen LogP contribution in [0, 0.1) is 5.41 Å². The number of fused-ring (bicyclic) bond motifs is 1. The molecule has 0 unspecified atom stereocenters. The maximum absolute atomic E-state index is 14.4. The largest absolute Gasteiger partial charge is 0.418 e. The Morgan fingerprint density at radius 2 is 1.95 bits per heavy atom. The van der Waals surface area contributed by atoms with Crippen molar-refractivity contribution in [2.45, 2.75) is 63.3 Å². The molecule has 1 saturated carbocycles. The average Bonchev–Trinajstić information content (AvgIpc) is 3.30. The van der Waals surface area contributed by atoms with Crippen LogP contribution in [-0.4, -0.2) is 50.7 Å². The lowest BCUT2D eigenvalue weighted by molar-refractivity contribution is -0.137. The molecule has 2 N–H and O–H groups in total. The van der Waals surface area contributed by atoms with E-state index in [1.807, 2.05) is 6.08 Å². The number of hydrogen-bond donors (Lipinski definition) is 2. The van der Waals surface area contributed by atoms with Crippen LogP contribution in [0.1, 0.15) is 56.2 Å². The fourth-order valence-corrected chi connectivity index (χ4v) is 6.38. The second kappa shape index (κ2) is 10.1. The minimum absolute atomic E-state index is 0.00972. The molecule has 0 radical (unpaired) electrons. The molecule has 1 aromatic heterocycles. The van der Waals surface area contributed by atoms with Crippen LogP contribution in [-0.2, 0) is 17.4 Å². The number of nitrogens with one attached hydrogen (secondary N) is 1. The summed E-state index contributed by atoms with van der Waals surface area (Å²) in [6.45, 7) is 11.0. The Bertz CT molecular complexity index is 1350. The molecule has 3 heterocycles. The number of benzene rings is 1. The Kier molecular flexibility index (Phi) is 7.09. The zero-order chi connectivity index (χ0) is 28.0. The van der Waals surface area contributed by atoms with Crippen molar-refractivity contribution < 1.29 is 23.1 Å². The third-order valence-electron chi connectivity index (χ3n) is 8.61. The van der Waals surface area contributed by atoms with Crippen molar-refractivity contribution in [3.63, 3.8) is 0 Å². The first kappa shape index (κ1) is 27.4. The molecule has 2 fully saturated rings. The lowest BCUT2D eigenvalue weighted by atomic mass is 9.70. The van der Waals surface area contributed by atoms with E-state index in [1.54, 1.807) is 41.9 Å². The van der Waals surface area contributed by atoms with Crippen molar-refractivity contribution in [2.75, 3.05) is 19.6 Å². The van der Waals surface area contributed by atoms with Crippen molar-refractivity contribution in [3.05, 3.63) is 78.3 Å². The van der Waals surface area contributed by atoms with Crippen LogP contribution in [0.5, 0.6) is 0 Å². The third-order valence-corrected chi connectivity index (χ3v) is 8.61. The Labute approximate surface area is 226 Å². The molecule has 39 heavy (non-hydrogen) atoms. The summed E-state index contributed by atoms with van der Waals surface area (Å²) in [5, 5.41) is 13.2. The number of alkyl halides is 3. The zero-order valence-corrected chi connectivity index (χ0v) is 22.2. The van der Waals surface area contributed by atoms with Gasteiger partial charge in [-0.25, -0.2) is 4.98 Å². The van der Waals surface area contributed by atoms with Gasteiger partial charge in [-0.15, -0.1) is 0 Å². The Hall–Kier alpha value is -3.17. The molecule has 9 heteroatoms. The summed E-state index contributed by atoms with van der Waals surface area (Å²) in [6, 6.07) is 2.99. The lowest BCUT2D eigenvalue weighted by Gasteiger charge is -2.43. The van der Waals surface area contributed by atoms with Gasteiger partial charge in [-0.3, -0.25) is 4.79 Å². The molecule has 1 amide bonds. The van der Waals surface area contributed by atoms with Crippen LogP contribution < -0.4 is 5.32 Å². The number of hydrogen-bond acceptors (Lipinski definition) is 4. The highest BCUT2D eigenvalue weighted by Crippen LogP contribution is 2.45. The van der Waals surface area contributed by atoms with Crippen molar-refractivity contribution in [1.29, 1.82) is 0 Å². The molecule has 3 aliphatic rings. The van der Waals surface area contributed by atoms with Gasteiger partial charge in [0.15, 0.2) is 0 Å². The number of aliphatic hydroxyl groups is 1. The van der Waals surface area contributed by atoms with Gasteiger partial charge >= 0.3 is 6.18 Å². The van der Waals surface area contributed by atoms with E-state index < -0.39 is 22.8 Å². The summed E-state index contributed by atoms with van der Waals surface area (Å²) in [5.74, 6) is -0.00972. The van der Waals surface area contributed by atoms with Gasteiger partial charge in [0.05, 0.1) is 33.9 Å². The van der Waals surface area contributed by atoms with Crippen LogP contribution in [0.2, 0.25) is 0 Å². The highest BCUT2D eigenvalue weighted by molar-refractivity contribution is 5.87. The Morgan fingerprint density at radius 1 is 1.23 bits per heavy atom. The number of rotatable bonds is 7. The number of allylic oxidation sites excluding steroid dienone is 5. The monoisotopic (exact) mass is 540 g/mol. The molecule has 1 aromatic carbocycles. The maximum Gasteiger partial charge on any atom is 0.418 e. The van der Waals surface area contributed by atoms with E-state index >= 15 is 0 Å². The Morgan fingerprint density at radius 3 is 2.56 bits per heavy atom. The molecule has 2 aromatic rings. The minimum Gasteiger partial charge on any atom is -0.390 e. The summed E-state index contributed by atoms with van der Waals surface area (Å²) in [4.78, 5) is 19.5. The predicted octanol–water partition coefficient (Wildman–Crippen LogP) is 5.47. The van der Waals surface area contributed by atoms with Crippen molar-refractivity contribution in [2.24, 2.45) is 5.41 Å². The van der Waals surface area contributed by atoms with E-state index in [0.29, 0.717) is 57.3 Å². The van der Waals surface area contributed by atoms with E-state index in [4.69, 9.17) is 0 Å². The molecular formula is C30H35F3N4O2. The molecule has 5 rings (SSSR count). The first-order valence-corrected chi connectivity index (χ1v) is 13.4. The average molecular weight is 541 g/mol. The molecule has 1 saturated heterocycles. The SMILES string of the molecule is C=C/C=C\C1=C(C=C)CC2(CCN(CCc3ccc4ncn(C5CC(C)(O)C5)c4c3C(F)(F)F)CC2)C(=O)N1. The van der Waals surface area contributed by atoms with E-state index in [-0.39, 0.29) is 29.4 Å². The smallest absolute Gasteiger partial charge is 0.390 e. The number of carbonyl (C=O) groups is 1. The molecule has 1 spiro atoms. The number of likely N-dealkylation sites (tertiary alicyclic amines) is 1. The number of amides is 1. The van der Waals surface area contributed by atoms with E-state index in [1.165, 1.54) is 6.33 Å². The fraction of sp³-hybridized carbons (Fsp3) is 0.467. The maximum atomic E-state index is 14.4. The Balaban J connectivity index is 1.31. The van der Waals surface area contributed by atoms with Gasteiger partial charge in [0.1, 0.15) is 0 Å². The molecular weight excluding hydrogens is 505 g/mol. The fourth-order valence-electron chi connectivity index (χ4n) is 6.38. The van der Waals surface area contributed by atoms with E-state index in [2.05, 4.69) is 28.4 Å². The minimum atomic E-state index is -4.53. The topological polar surface area (TPSA) is 70.4 Å². The predicted molar refractivity (Wildman–Crippen MR) is 145 cm³/mol. The van der Waals surface area contributed by atoms with E-state index in [9.17, 15) is 23.1 Å². The molecule has 0 atom stereocenters. The number of nitrogens with zero attached hydrogens (tertiary/aromatic N) is 3. The van der Waals surface area contributed by atoms with Crippen LogP contribution in [0.3, 0.4) is 0 Å². The van der Waals surface area contributed by atoms with Crippen LogP contribution in [0.25, 0.3) is 11.0 Å². The van der Waals surface area contributed by atoms with Gasteiger partial charge in [-0.2, -0.15) is 13.2 Å². The van der Waals surface area contributed by atoms with Crippen LogP contribution in [0.15, 0.2) is 67.2 Å². The number of imidazole rings is 1. The molecule has 208 valence electrons. The summed E-state index contributed by atoms with van der Waals surface area (Å²) >= 11 is 0. The van der Waals surface area contributed by atoms with Crippen LogP contribution >= 0.6 is 0 Å². The van der Waals surface area contributed by atoms with Gasteiger partial charge in [-0.1, -0.05) is 37.5 Å². The number of aromatic nitrogens is 2. The van der Waals surface area contributed by atoms with Gasteiger partial charge in [0.2, 0.25) is 5.91 Å². The van der Waals surface area contributed by atoms with Gasteiger partial charge in [0.25, 0.3) is 0 Å². The third kappa shape index (κ3) is 5.22. The van der Waals surface area contributed by atoms with E-state index in [0.717, 1.165) is 11.3 Å². The highest BCUT2D eigenvalue weighted by Gasteiger charge is 2.45. The summed E-state index contributed by atoms with van der Waals surface area (Å²) in [5.41, 5.74) is 0.356. The molecule has 0 bridgehead atoms. The summed E-state index contributed by atoms with van der Waals surface area (Å²) in [6.07, 6.45) is 6.86. The number of halogens is 3. The summed E-state index contributed by atoms with van der Waals surface area (Å²) in [7, 11) is 0. The quantitative estimate of drug-likeness (QED) is 0.457. The normalized spacial score (nSPS) is 25.8. The molecule has 1 aliphatic carbocycles. The molecule has 6 nitrogen and oxygen atoms in total. The second-order valence-corrected chi connectivity index (χ2v) is 11.4.